The van der Waals surface area contributed by atoms with E-state index in [1.807, 2.05) is 43.3 Å². The number of halogens is 1. The highest BCUT2D eigenvalue weighted by Gasteiger charge is 2.00. The second-order valence-corrected chi connectivity index (χ2v) is 5.08. The van der Waals surface area contributed by atoms with Gasteiger partial charge in [-0.3, -0.25) is 4.79 Å². The topological polar surface area (TPSA) is 29.1 Å². The molecule has 0 heterocycles. The molecule has 0 aromatic heterocycles. The predicted molar refractivity (Wildman–Crippen MR) is 78.6 cm³/mol. The molecule has 0 aliphatic rings. The Morgan fingerprint density at radius 1 is 1.06 bits per heavy atom. The highest BCUT2D eigenvalue weighted by atomic mass is 79.9. The van der Waals surface area contributed by atoms with Crippen LogP contribution < -0.4 is 5.32 Å². The molecule has 0 fully saturated rings. The van der Waals surface area contributed by atoms with E-state index in [-0.39, 0.29) is 5.78 Å². The lowest BCUT2D eigenvalue weighted by atomic mass is 10.1. The Balaban J connectivity index is 2.18. The van der Waals surface area contributed by atoms with Gasteiger partial charge in [-0.25, -0.2) is 0 Å². The standard InChI is InChI=1S/C15H14BrNO/c1-10-9-14(7-8-15(10)16)17-13-5-3-12(4-6-13)11(2)18/h3-9,17H,1-2H3. The molecule has 0 unspecified atom stereocenters. The van der Waals surface area contributed by atoms with Gasteiger partial charge in [-0.2, -0.15) is 0 Å². The quantitative estimate of drug-likeness (QED) is 0.832. The SMILES string of the molecule is CC(=O)c1ccc(Nc2ccc(Br)c(C)c2)cc1. The van der Waals surface area contributed by atoms with Crippen LogP contribution in [0.15, 0.2) is 46.9 Å². The van der Waals surface area contributed by atoms with Gasteiger partial charge < -0.3 is 5.32 Å². The zero-order valence-electron chi connectivity index (χ0n) is 10.3. The molecule has 2 nitrogen and oxygen atoms in total. The number of benzene rings is 2. The minimum Gasteiger partial charge on any atom is -0.356 e. The van der Waals surface area contributed by atoms with Gasteiger partial charge in [-0.1, -0.05) is 15.9 Å². The van der Waals surface area contributed by atoms with E-state index in [0.717, 1.165) is 21.4 Å². The number of anilines is 2. The molecule has 2 aromatic carbocycles. The summed E-state index contributed by atoms with van der Waals surface area (Å²) in [5, 5.41) is 3.31. The Kier molecular flexibility index (Phi) is 3.82. The van der Waals surface area contributed by atoms with E-state index in [4.69, 9.17) is 0 Å². The zero-order chi connectivity index (χ0) is 13.1. The van der Waals surface area contributed by atoms with Crippen LogP contribution in [-0.2, 0) is 0 Å². The van der Waals surface area contributed by atoms with Gasteiger partial charge in [0.2, 0.25) is 0 Å². The highest BCUT2D eigenvalue weighted by Crippen LogP contribution is 2.23. The van der Waals surface area contributed by atoms with Crippen LogP contribution in [0.1, 0.15) is 22.8 Å². The summed E-state index contributed by atoms with van der Waals surface area (Å²) in [5.41, 5.74) is 3.92. The summed E-state index contributed by atoms with van der Waals surface area (Å²) in [4.78, 5) is 11.2. The molecular weight excluding hydrogens is 290 g/mol. The van der Waals surface area contributed by atoms with Crippen molar-refractivity contribution in [1.82, 2.24) is 0 Å². The van der Waals surface area contributed by atoms with Crippen LogP contribution in [0.4, 0.5) is 11.4 Å². The van der Waals surface area contributed by atoms with Gasteiger partial charge in [0, 0.05) is 21.4 Å². The molecule has 0 amide bonds. The Morgan fingerprint density at radius 2 is 1.67 bits per heavy atom. The Hall–Kier alpha value is -1.61. The maximum atomic E-state index is 11.2. The first-order valence-corrected chi connectivity index (χ1v) is 6.50. The fraction of sp³-hybridized carbons (Fsp3) is 0.133. The molecule has 0 bridgehead atoms. The second kappa shape index (κ2) is 5.36. The van der Waals surface area contributed by atoms with E-state index < -0.39 is 0 Å². The maximum Gasteiger partial charge on any atom is 0.159 e. The van der Waals surface area contributed by atoms with Crippen molar-refractivity contribution < 1.29 is 4.79 Å². The molecular formula is C15H14BrNO. The van der Waals surface area contributed by atoms with Crippen LogP contribution in [0, 0.1) is 6.92 Å². The lowest BCUT2D eigenvalue weighted by Crippen LogP contribution is -1.94. The molecule has 2 aromatic rings. The molecule has 0 aliphatic carbocycles. The van der Waals surface area contributed by atoms with Crippen LogP contribution in [0.25, 0.3) is 0 Å². The number of nitrogens with one attached hydrogen (secondary N) is 1. The van der Waals surface area contributed by atoms with E-state index in [1.54, 1.807) is 6.92 Å². The summed E-state index contributed by atoms with van der Waals surface area (Å²) in [6.07, 6.45) is 0. The molecule has 18 heavy (non-hydrogen) atoms. The predicted octanol–water partition coefficient (Wildman–Crippen LogP) is 4.70. The van der Waals surface area contributed by atoms with E-state index in [0.29, 0.717) is 0 Å². The molecule has 0 aliphatic heterocycles. The number of aryl methyl sites for hydroxylation is 1. The average molecular weight is 304 g/mol. The van der Waals surface area contributed by atoms with Crippen molar-refractivity contribution in [3.8, 4) is 0 Å². The van der Waals surface area contributed by atoms with Crippen molar-refractivity contribution in [2.24, 2.45) is 0 Å². The first-order valence-electron chi connectivity index (χ1n) is 5.70. The minimum absolute atomic E-state index is 0.0843. The zero-order valence-corrected chi connectivity index (χ0v) is 11.9. The number of rotatable bonds is 3. The Morgan fingerprint density at radius 3 is 2.22 bits per heavy atom. The fourth-order valence-corrected chi connectivity index (χ4v) is 1.92. The molecule has 1 N–H and O–H groups in total. The molecule has 2 rings (SSSR count). The molecule has 0 saturated carbocycles. The fourth-order valence-electron chi connectivity index (χ4n) is 1.68. The molecule has 0 spiro atoms. The second-order valence-electron chi connectivity index (χ2n) is 4.22. The van der Waals surface area contributed by atoms with Gasteiger partial charge in [-0.05, 0) is 61.9 Å². The summed E-state index contributed by atoms with van der Waals surface area (Å²) in [6.45, 7) is 3.62. The first kappa shape index (κ1) is 12.8. The Labute approximate surface area is 115 Å². The van der Waals surface area contributed by atoms with E-state index in [9.17, 15) is 4.79 Å². The number of hydrogen-bond acceptors (Lipinski definition) is 2. The molecule has 0 saturated heterocycles. The van der Waals surface area contributed by atoms with Gasteiger partial charge >= 0.3 is 0 Å². The van der Waals surface area contributed by atoms with Gasteiger partial charge in [-0.15, -0.1) is 0 Å². The lowest BCUT2D eigenvalue weighted by molar-refractivity contribution is 0.101. The van der Waals surface area contributed by atoms with Gasteiger partial charge in [0.25, 0.3) is 0 Å². The summed E-state index contributed by atoms with van der Waals surface area (Å²) < 4.78 is 1.10. The van der Waals surface area contributed by atoms with Gasteiger partial charge in [0.15, 0.2) is 5.78 Å². The number of carbonyl (C=O) groups is 1. The average Bonchev–Trinajstić information content (AvgIpc) is 2.34. The van der Waals surface area contributed by atoms with E-state index in [1.165, 1.54) is 5.56 Å². The minimum atomic E-state index is 0.0843. The van der Waals surface area contributed by atoms with Gasteiger partial charge in [0.05, 0.1) is 0 Å². The highest BCUT2D eigenvalue weighted by molar-refractivity contribution is 9.10. The summed E-state index contributed by atoms with van der Waals surface area (Å²) in [6, 6.07) is 13.6. The van der Waals surface area contributed by atoms with Crippen LogP contribution >= 0.6 is 15.9 Å². The molecule has 0 atom stereocenters. The molecule has 3 heteroatoms. The number of ketones is 1. The molecule has 92 valence electrons. The van der Waals surface area contributed by atoms with E-state index >= 15 is 0 Å². The summed E-state index contributed by atoms with van der Waals surface area (Å²) >= 11 is 3.47. The maximum absolute atomic E-state index is 11.2. The van der Waals surface area contributed by atoms with E-state index in [2.05, 4.69) is 27.3 Å². The largest absolute Gasteiger partial charge is 0.356 e. The van der Waals surface area contributed by atoms with Crippen molar-refractivity contribution in [1.29, 1.82) is 0 Å². The number of hydrogen-bond donors (Lipinski definition) is 1. The third-order valence-electron chi connectivity index (χ3n) is 2.74. The van der Waals surface area contributed by atoms with Crippen molar-refractivity contribution in [3.05, 3.63) is 58.1 Å². The number of Topliss-reactive ketones (excluding diaryl/α,β-unsaturated/α-hetero) is 1. The van der Waals surface area contributed by atoms with Crippen molar-refractivity contribution in [2.45, 2.75) is 13.8 Å². The summed E-state index contributed by atoms with van der Waals surface area (Å²) in [5.74, 6) is 0.0843. The number of carbonyl (C=O) groups excluding carboxylic acids is 1. The van der Waals surface area contributed by atoms with Crippen LogP contribution in [0.5, 0.6) is 0 Å². The smallest absolute Gasteiger partial charge is 0.159 e. The monoisotopic (exact) mass is 303 g/mol. The normalized spacial score (nSPS) is 10.2. The van der Waals surface area contributed by atoms with Crippen LogP contribution in [-0.4, -0.2) is 5.78 Å². The third kappa shape index (κ3) is 2.99. The summed E-state index contributed by atoms with van der Waals surface area (Å²) in [7, 11) is 0. The van der Waals surface area contributed by atoms with Gasteiger partial charge in [0.1, 0.15) is 0 Å². The van der Waals surface area contributed by atoms with Crippen molar-refractivity contribution in [3.63, 3.8) is 0 Å². The Bertz CT molecular complexity index is 576. The van der Waals surface area contributed by atoms with Crippen LogP contribution in [0.3, 0.4) is 0 Å². The molecule has 0 radical (unpaired) electrons. The van der Waals surface area contributed by atoms with Crippen LogP contribution in [0.2, 0.25) is 0 Å². The van der Waals surface area contributed by atoms with Crippen molar-refractivity contribution >= 4 is 33.1 Å². The lowest BCUT2D eigenvalue weighted by Gasteiger charge is -2.08. The third-order valence-corrected chi connectivity index (χ3v) is 3.63. The first-order chi connectivity index (χ1) is 8.56. The van der Waals surface area contributed by atoms with Crippen molar-refractivity contribution in [2.75, 3.05) is 5.32 Å².